The summed E-state index contributed by atoms with van der Waals surface area (Å²) in [6, 6.07) is 14.0. The van der Waals surface area contributed by atoms with Crippen LogP contribution in [-0.4, -0.2) is 18.0 Å². The zero-order valence-corrected chi connectivity index (χ0v) is 15.3. The molecule has 2 aromatic rings. The van der Waals surface area contributed by atoms with Gasteiger partial charge in [0.1, 0.15) is 6.10 Å². The fraction of sp³-hybridized carbons (Fsp3) is 0.333. The average molecular weight is 372 g/mol. The summed E-state index contributed by atoms with van der Waals surface area (Å²) in [5, 5.41) is 3.47. The maximum Gasteiger partial charge on any atom is 0.338 e. The molecule has 4 nitrogen and oxygen atoms in total. The van der Waals surface area contributed by atoms with Crippen molar-refractivity contribution < 1.29 is 14.3 Å². The second-order valence-electron chi connectivity index (χ2n) is 6.59. The lowest BCUT2D eigenvalue weighted by Crippen LogP contribution is -2.21. The number of halogens is 1. The minimum Gasteiger partial charge on any atom is -0.459 e. The van der Waals surface area contributed by atoms with Crippen molar-refractivity contribution in [3.05, 3.63) is 64.7 Å². The molecule has 1 fully saturated rings. The first kappa shape index (κ1) is 18.5. The van der Waals surface area contributed by atoms with Crippen LogP contribution < -0.4 is 5.32 Å². The number of amides is 1. The summed E-state index contributed by atoms with van der Waals surface area (Å²) in [5.74, 6) is -0.416. The van der Waals surface area contributed by atoms with E-state index in [1.54, 1.807) is 36.4 Å². The molecule has 1 saturated carbocycles. The SMILES string of the molecule is O=C(Cc1ccc(Cl)cc1)Nc1ccc(C(=O)OC2CCCCC2)cc1. The Hall–Kier alpha value is -2.33. The first-order chi connectivity index (χ1) is 12.6. The lowest BCUT2D eigenvalue weighted by Gasteiger charge is -2.21. The molecule has 2 aromatic carbocycles. The van der Waals surface area contributed by atoms with Gasteiger partial charge < -0.3 is 10.1 Å². The number of hydrogen-bond acceptors (Lipinski definition) is 3. The number of benzene rings is 2. The van der Waals surface area contributed by atoms with Gasteiger partial charge in [-0.15, -0.1) is 0 Å². The third-order valence-corrected chi connectivity index (χ3v) is 4.76. The van der Waals surface area contributed by atoms with Crippen molar-refractivity contribution in [3.63, 3.8) is 0 Å². The van der Waals surface area contributed by atoms with Crippen LogP contribution in [-0.2, 0) is 16.0 Å². The van der Waals surface area contributed by atoms with Crippen LogP contribution in [0.1, 0.15) is 48.0 Å². The number of hydrogen-bond donors (Lipinski definition) is 1. The van der Waals surface area contributed by atoms with Gasteiger partial charge in [0.05, 0.1) is 12.0 Å². The predicted octanol–water partition coefficient (Wildman–Crippen LogP) is 5.01. The summed E-state index contributed by atoms with van der Waals surface area (Å²) in [6.07, 6.45) is 5.67. The van der Waals surface area contributed by atoms with Crippen LogP contribution in [0.25, 0.3) is 0 Å². The Labute approximate surface area is 158 Å². The summed E-state index contributed by atoms with van der Waals surface area (Å²) >= 11 is 5.84. The zero-order chi connectivity index (χ0) is 18.4. The number of anilines is 1. The molecule has 0 bridgehead atoms. The third-order valence-electron chi connectivity index (χ3n) is 4.51. The number of nitrogens with one attached hydrogen (secondary N) is 1. The van der Waals surface area contributed by atoms with Gasteiger partial charge in [0, 0.05) is 10.7 Å². The molecule has 1 amide bonds. The smallest absolute Gasteiger partial charge is 0.338 e. The molecule has 0 saturated heterocycles. The molecular formula is C21H22ClNO3. The maximum absolute atomic E-state index is 12.2. The fourth-order valence-electron chi connectivity index (χ4n) is 3.08. The molecule has 0 radical (unpaired) electrons. The van der Waals surface area contributed by atoms with Gasteiger partial charge in [-0.3, -0.25) is 4.79 Å². The Morgan fingerprint density at radius 3 is 2.27 bits per heavy atom. The van der Waals surface area contributed by atoms with E-state index in [0.717, 1.165) is 31.2 Å². The molecule has 1 N–H and O–H groups in total. The molecule has 0 aromatic heterocycles. The van der Waals surface area contributed by atoms with Crippen LogP contribution in [0.15, 0.2) is 48.5 Å². The molecule has 0 unspecified atom stereocenters. The molecule has 5 heteroatoms. The van der Waals surface area contributed by atoms with Gasteiger partial charge in [-0.25, -0.2) is 4.79 Å². The first-order valence-corrected chi connectivity index (χ1v) is 9.33. The zero-order valence-electron chi connectivity index (χ0n) is 14.5. The van der Waals surface area contributed by atoms with Crippen molar-refractivity contribution >= 4 is 29.2 Å². The van der Waals surface area contributed by atoms with Crippen molar-refractivity contribution in [1.29, 1.82) is 0 Å². The summed E-state index contributed by atoms with van der Waals surface area (Å²) < 4.78 is 5.55. The van der Waals surface area contributed by atoms with E-state index in [1.165, 1.54) is 6.42 Å². The number of ether oxygens (including phenoxy) is 1. The third kappa shape index (κ3) is 5.33. The van der Waals surface area contributed by atoms with Gasteiger partial charge in [-0.1, -0.05) is 30.2 Å². The lowest BCUT2D eigenvalue weighted by molar-refractivity contribution is -0.115. The molecule has 0 heterocycles. The van der Waals surface area contributed by atoms with E-state index in [1.807, 2.05) is 12.1 Å². The molecule has 3 rings (SSSR count). The van der Waals surface area contributed by atoms with Crippen molar-refractivity contribution in [3.8, 4) is 0 Å². The molecule has 26 heavy (non-hydrogen) atoms. The Kier molecular flexibility index (Phi) is 6.29. The Balaban J connectivity index is 1.52. The van der Waals surface area contributed by atoms with Gasteiger partial charge in [0.15, 0.2) is 0 Å². The number of esters is 1. The van der Waals surface area contributed by atoms with Gasteiger partial charge >= 0.3 is 5.97 Å². The van der Waals surface area contributed by atoms with Crippen LogP contribution >= 0.6 is 11.6 Å². The average Bonchev–Trinajstić information content (AvgIpc) is 2.65. The van der Waals surface area contributed by atoms with Crippen LogP contribution in [0, 0.1) is 0 Å². The first-order valence-electron chi connectivity index (χ1n) is 8.95. The monoisotopic (exact) mass is 371 g/mol. The quantitative estimate of drug-likeness (QED) is 0.751. The van der Waals surface area contributed by atoms with Gasteiger partial charge in [0.25, 0.3) is 0 Å². The van der Waals surface area contributed by atoms with E-state index in [-0.39, 0.29) is 24.4 Å². The molecule has 0 atom stereocenters. The van der Waals surface area contributed by atoms with Crippen LogP contribution in [0.3, 0.4) is 0 Å². The number of carbonyl (C=O) groups excluding carboxylic acids is 2. The van der Waals surface area contributed by atoms with E-state index >= 15 is 0 Å². The fourth-order valence-corrected chi connectivity index (χ4v) is 3.21. The molecule has 0 spiro atoms. The summed E-state index contributed by atoms with van der Waals surface area (Å²) in [4.78, 5) is 24.3. The summed E-state index contributed by atoms with van der Waals surface area (Å²) in [7, 11) is 0. The normalized spacial score (nSPS) is 14.7. The van der Waals surface area contributed by atoms with E-state index in [2.05, 4.69) is 5.32 Å². The van der Waals surface area contributed by atoms with E-state index in [9.17, 15) is 9.59 Å². The van der Waals surface area contributed by atoms with E-state index < -0.39 is 0 Å². The second-order valence-corrected chi connectivity index (χ2v) is 7.03. The van der Waals surface area contributed by atoms with Gasteiger partial charge in [0.2, 0.25) is 5.91 Å². The number of carbonyl (C=O) groups is 2. The van der Waals surface area contributed by atoms with Crippen molar-refractivity contribution in [2.45, 2.75) is 44.6 Å². The maximum atomic E-state index is 12.2. The topological polar surface area (TPSA) is 55.4 Å². The molecule has 1 aliphatic carbocycles. The van der Waals surface area contributed by atoms with Gasteiger partial charge in [-0.2, -0.15) is 0 Å². The Bertz CT molecular complexity index is 750. The molecule has 1 aliphatic rings. The molecule has 0 aliphatic heterocycles. The number of rotatable bonds is 5. The highest BCUT2D eigenvalue weighted by molar-refractivity contribution is 6.30. The van der Waals surface area contributed by atoms with Crippen molar-refractivity contribution in [2.75, 3.05) is 5.32 Å². The minimum absolute atomic E-state index is 0.0370. The lowest BCUT2D eigenvalue weighted by atomic mass is 9.98. The standard InChI is InChI=1S/C21H22ClNO3/c22-17-10-6-15(7-11-17)14-20(24)23-18-12-8-16(9-13-18)21(25)26-19-4-2-1-3-5-19/h6-13,19H,1-5,14H2,(H,23,24). The van der Waals surface area contributed by atoms with E-state index in [0.29, 0.717) is 16.3 Å². The molecule has 136 valence electrons. The highest BCUT2D eigenvalue weighted by Crippen LogP contribution is 2.22. The molecular weight excluding hydrogens is 350 g/mol. The Morgan fingerprint density at radius 1 is 0.962 bits per heavy atom. The summed E-state index contributed by atoms with van der Waals surface area (Å²) in [6.45, 7) is 0. The Morgan fingerprint density at radius 2 is 1.62 bits per heavy atom. The second kappa shape index (κ2) is 8.86. The van der Waals surface area contributed by atoms with E-state index in [4.69, 9.17) is 16.3 Å². The highest BCUT2D eigenvalue weighted by Gasteiger charge is 2.18. The highest BCUT2D eigenvalue weighted by atomic mass is 35.5. The predicted molar refractivity (Wildman–Crippen MR) is 103 cm³/mol. The van der Waals surface area contributed by atoms with Crippen molar-refractivity contribution in [2.24, 2.45) is 0 Å². The van der Waals surface area contributed by atoms with Crippen LogP contribution in [0.2, 0.25) is 5.02 Å². The van der Waals surface area contributed by atoms with Crippen molar-refractivity contribution in [1.82, 2.24) is 0 Å². The minimum atomic E-state index is -0.295. The largest absolute Gasteiger partial charge is 0.459 e. The summed E-state index contributed by atoms with van der Waals surface area (Å²) in [5.41, 5.74) is 2.05. The van der Waals surface area contributed by atoms with Crippen LogP contribution in [0.4, 0.5) is 5.69 Å². The van der Waals surface area contributed by atoms with Crippen LogP contribution in [0.5, 0.6) is 0 Å². The van der Waals surface area contributed by atoms with Gasteiger partial charge in [-0.05, 0) is 67.6 Å².